The molecular weight excluding hydrogens is 262 g/mol. The minimum atomic E-state index is -0.383. The number of piperidine rings is 1. The standard InChI is InChI=1S/C13H17N3O2S/c17-16(18)12-2-1-11(9-13(12)19)15-8-7-14-5-3-10(15)4-6-14/h1-2,9-10,19H,3-8H2. The fraction of sp³-hybridized carbons (Fsp3) is 0.538. The molecule has 4 rings (SSSR count). The first-order valence-corrected chi connectivity index (χ1v) is 7.06. The number of nitro groups is 1. The van der Waals surface area contributed by atoms with Crippen LogP contribution in [0.3, 0.4) is 0 Å². The smallest absolute Gasteiger partial charge is 0.282 e. The summed E-state index contributed by atoms with van der Waals surface area (Å²) in [5.41, 5.74) is 1.14. The number of thiol groups is 1. The molecule has 19 heavy (non-hydrogen) atoms. The van der Waals surface area contributed by atoms with Gasteiger partial charge in [-0.3, -0.25) is 10.1 Å². The maximum absolute atomic E-state index is 10.8. The van der Waals surface area contributed by atoms with Crippen molar-refractivity contribution in [2.75, 3.05) is 31.1 Å². The van der Waals surface area contributed by atoms with E-state index in [1.165, 1.54) is 25.9 Å². The highest BCUT2D eigenvalue weighted by molar-refractivity contribution is 7.80. The van der Waals surface area contributed by atoms with Crippen LogP contribution in [0.5, 0.6) is 0 Å². The summed E-state index contributed by atoms with van der Waals surface area (Å²) in [6.45, 7) is 4.41. The van der Waals surface area contributed by atoms with Crippen LogP contribution in [0, 0.1) is 10.1 Å². The SMILES string of the molecule is O=[N+]([O-])c1ccc(N2CCN3CCC2CC3)cc1S. The Morgan fingerprint density at radius 3 is 2.58 bits per heavy atom. The molecule has 0 spiro atoms. The summed E-state index contributed by atoms with van der Waals surface area (Å²) in [7, 11) is 0. The van der Waals surface area contributed by atoms with Crippen LogP contribution >= 0.6 is 12.6 Å². The molecule has 6 heteroatoms. The number of anilines is 1. The van der Waals surface area contributed by atoms with Gasteiger partial charge in [0.05, 0.1) is 9.82 Å². The molecule has 0 amide bonds. The van der Waals surface area contributed by atoms with Crippen LogP contribution < -0.4 is 4.90 Å². The lowest BCUT2D eigenvalue weighted by Crippen LogP contribution is -2.37. The summed E-state index contributed by atoms with van der Waals surface area (Å²) < 4.78 is 0. The number of fused-ring (bicyclic) bond motifs is 4. The van der Waals surface area contributed by atoms with Crippen molar-refractivity contribution in [2.24, 2.45) is 0 Å². The third-order valence-corrected chi connectivity index (χ3v) is 4.50. The van der Waals surface area contributed by atoms with E-state index < -0.39 is 0 Å². The Labute approximate surface area is 117 Å². The van der Waals surface area contributed by atoms with Gasteiger partial charge in [-0.2, -0.15) is 0 Å². The number of nitro benzene ring substituents is 1. The summed E-state index contributed by atoms with van der Waals surface area (Å²) >= 11 is 4.24. The maximum Gasteiger partial charge on any atom is 0.282 e. The van der Waals surface area contributed by atoms with Crippen molar-refractivity contribution in [1.29, 1.82) is 0 Å². The zero-order valence-corrected chi connectivity index (χ0v) is 11.6. The third-order valence-electron chi connectivity index (χ3n) is 4.14. The Hall–Kier alpha value is -1.27. The van der Waals surface area contributed by atoms with Crippen LogP contribution in [0.4, 0.5) is 11.4 Å². The van der Waals surface area contributed by atoms with E-state index in [9.17, 15) is 10.1 Å². The van der Waals surface area contributed by atoms with Crippen LogP contribution in [0.15, 0.2) is 23.1 Å². The fourth-order valence-electron chi connectivity index (χ4n) is 3.07. The first-order valence-electron chi connectivity index (χ1n) is 6.61. The average Bonchev–Trinajstić information content (AvgIpc) is 2.71. The number of hydrogen-bond donors (Lipinski definition) is 1. The third kappa shape index (κ3) is 2.42. The molecule has 3 aliphatic rings. The molecule has 2 bridgehead atoms. The quantitative estimate of drug-likeness (QED) is 0.512. The van der Waals surface area contributed by atoms with Crippen molar-refractivity contribution in [1.82, 2.24) is 4.90 Å². The van der Waals surface area contributed by atoms with Crippen molar-refractivity contribution >= 4 is 24.0 Å². The minimum absolute atomic E-state index is 0.0787. The topological polar surface area (TPSA) is 49.6 Å². The number of hydrogen-bond acceptors (Lipinski definition) is 5. The van der Waals surface area contributed by atoms with Crippen LogP contribution in [0.25, 0.3) is 0 Å². The van der Waals surface area contributed by atoms with Crippen molar-refractivity contribution in [3.05, 3.63) is 28.3 Å². The zero-order valence-electron chi connectivity index (χ0n) is 10.7. The monoisotopic (exact) mass is 279 g/mol. The Kier molecular flexibility index (Phi) is 3.36. The lowest BCUT2D eigenvalue weighted by atomic mass is 10.0. The highest BCUT2D eigenvalue weighted by Gasteiger charge is 2.29. The molecule has 0 atom stereocenters. The van der Waals surface area contributed by atoms with Gasteiger partial charge in [0, 0.05) is 44.0 Å². The molecule has 3 aliphatic heterocycles. The van der Waals surface area contributed by atoms with Gasteiger partial charge >= 0.3 is 0 Å². The van der Waals surface area contributed by atoms with Gasteiger partial charge in [0.1, 0.15) is 0 Å². The Bertz CT molecular complexity index is 501. The molecule has 0 saturated carbocycles. The summed E-state index contributed by atoms with van der Waals surface area (Å²) in [5.74, 6) is 0. The van der Waals surface area contributed by atoms with E-state index in [-0.39, 0.29) is 10.6 Å². The maximum atomic E-state index is 10.8. The van der Waals surface area contributed by atoms with E-state index in [2.05, 4.69) is 22.4 Å². The van der Waals surface area contributed by atoms with Gasteiger partial charge in [-0.15, -0.1) is 12.6 Å². The lowest BCUT2D eigenvalue weighted by Gasteiger charge is -2.33. The van der Waals surface area contributed by atoms with Crippen LogP contribution in [0.1, 0.15) is 12.8 Å². The molecule has 102 valence electrons. The predicted octanol–water partition coefficient (Wildman–Crippen LogP) is 2.17. The second-order valence-corrected chi connectivity index (χ2v) is 5.68. The number of nitrogens with zero attached hydrogens (tertiary/aromatic N) is 3. The minimum Gasteiger partial charge on any atom is -0.367 e. The Morgan fingerprint density at radius 2 is 1.95 bits per heavy atom. The predicted molar refractivity (Wildman–Crippen MR) is 77.2 cm³/mol. The van der Waals surface area contributed by atoms with Gasteiger partial charge in [-0.25, -0.2) is 0 Å². The van der Waals surface area contributed by atoms with E-state index >= 15 is 0 Å². The largest absolute Gasteiger partial charge is 0.367 e. The van der Waals surface area contributed by atoms with Crippen molar-refractivity contribution in [3.63, 3.8) is 0 Å². The Balaban J connectivity index is 1.89. The van der Waals surface area contributed by atoms with E-state index in [0.29, 0.717) is 10.9 Å². The molecule has 3 heterocycles. The summed E-state index contributed by atoms with van der Waals surface area (Å²) in [6.07, 6.45) is 2.36. The van der Waals surface area contributed by atoms with Gasteiger partial charge in [-0.1, -0.05) is 0 Å². The molecule has 1 aromatic carbocycles. The van der Waals surface area contributed by atoms with Crippen LogP contribution in [-0.4, -0.2) is 42.0 Å². The zero-order chi connectivity index (χ0) is 13.4. The lowest BCUT2D eigenvalue weighted by molar-refractivity contribution is -0.387. The van der Waals surface area contributed by atoms with Gasteiger partial charge < -0.3 is 9.80 Å². The van der Waals surface area contributed by atoms with E-state index in [1.807, 2.05) is 12.1 Å². The van der Waals surface area contributed by atoms with Gasteiger partial charge in [0.2, 0.25) is 0 Å². The molecular formula is C13H17N3O2S. The highest BCUT2D eigenvalue weighted by atomic mass is 32.1. The summed E-state index contributed by atoms with van der Waals surface area (Å²) in [4.78, 5) is 15.8. The van der Waals surface area contributed by atoms with Gasteiger partial charge in [0.25, 0.3) is 5.69 Å². The van der Waals surface area contributed by atoms with E-state index in [0.717, 1.165) is 18.8 Å². The molecule has 0 aliphatic carbocycles. The first kappa shape index (κ1) is 12.7. The van der Waals surface area contributed by atoms with Crippen molar-refractivity contribution in [3.8, 4) is 0 Å². The average molecular weight is 279 g/mol. The van der Waals surface area contributed by atoms with Crippen LogP contribution in [-0.2, 0) is 0 Å². The van der Waals surface area contributed by atoms with Gasteiger partial charge in [-0.05, 0) is 25.0 Å². The second kappa shape index (κ2) is 5.02. The van der Waals surface area contributed by atoms with E-state index in [4.69, 9.17) is 0 Å². The number of rotatable bonds is 2. The van der Waals surface area contributed by atoms with Crippen molar-refractivity contribution < 1.29 is 4.92 Å². The molecule has 1 aromatic rings. The number of benzene rings is 1. The Morgan fingerprint density at radius 1 is 1.21 bits per heavy atom. The molecule has 0 aromatic heterocycles. The molecule has 0 radical (unpaired) electrons. The molecule has 0 unspecified atom stereocenters. The normalized spacial score (nSPS) is 26.3. The van der Waals surface area contributed by atoms with Crippen molar-refractivity contribution in [2.45, 2.75) is 23.8 Å². The van der Waals surface area contributed by atoms with E-state index in [1.54, 1.807) is 6.07 Å². The van der Waals surface area contributed by atoms with Crippen LogP contribution in [0.2, 0.25) is 0 Å². The fourth-order valence-corrected chi connectivity index (χ4v) is 3.36. The highest BCUT2D eigenvalue weighted by Crippen LogP contribution is 2.31. The second-order valence-electron chi connectivity index (χ2n) is 5.20. The van der Waals surface area contributed by atoms with Gasteiger partial charge in [0.15, 0.2) is 0 Å². The molecule has 3 saturated heterocycles. The summed E-state index contributed by atoms with van der Waals surface area (Å²) in [5, 5.41) is 10.8. The molecule has 3 fully saturated rings. The molecule has 0 N–H and O–H groups in total. The summed E-state index contributed by atoms with van der Waals surface area (Å²) in [6, 6.07) is 5.81. The molecule has 5 nitrogen and oxygen atoms in total. The first-order chi connectivity index (χ1) is 9.15.